The smallest absolute Gasteiger partial charge is 0.226 e. The van der Waals surface area contributed by atoms with Crippen LogP contribution < -0.4 is 10.6 Å². The van der Waals surface area contributed by atoms with E-state index in [-0.39, 0.29) is 5.41 Å². The minimum atomic E-state index is 0.230. The number of fused-ring (bicyclic) bond motifs is 1. The molecule has 3 N–H and O–H groups in total. The molecule has 0 spiro atoms. The third kappa shape index (κ3) is 3.37. The Bertz CT molecular complexity index is 560. The van der Waals surface area contributed by atoms with Gasteiger partial charge in [0.25, 0.3) is 0 Å². The van der Waals surface area contributed by atoms with Crippen molar-refractivity contribution in [2.45, 2.75) is 40.5 Å². The maximum Gasteiger partial charge on any atom is 0.226 e. The Kier molecular flexibility index (Phi) is 4.42. The molecule has 20 heavy (non-hydrogen) atoms. The van der Waals surface area contributed by atoms with Crippen molar-refractivity contribution in [1.29, 1.82) is 0 Å². The summed E-state index contributed by atoms with van der Waals surface area (Å²) in [5.74, 6) is 1.44. The number of anilines is 2. The van der Waals surface area contributed by atoms with Crippen LogP contribution in [0, 0.1) is 5.41 Å². The first-order chi connectivity index (χ1) is 9.55. The summed E-state index contributed by atoms with van der Waals surface area (Å²) in [6.45, 7) is 10.5. The molecule has 0 unspecified atom stereocenters. The van der Waals surface area contributed by atoms with Crippen molar-refractivity contribution in [3.8, 4) is 0 Å². The van der Waals surface area contributed by atoms with E-state index in [0.29, 0.717) is 11.6 Å². The van der Waals surface area contributed by atoms with Gasteiger partial charge in [0, 0.05) is 13.1 Å². The monoisotopic (exact) mass is 276 g/mol. The van der Waals surface area contributed by atoms with Crippen LogP contribution >= 0.6 is 0 Å². The van der Waals surface area contributed by atoms with E-state index in [1.807, 2.05) is 0 Å². The highest BCUT2D eigenvalue weighted by Crippen LogP contribution is 2.23. The number of rotatable bonds is 7. The van der Waals surface area contributed by atoms with Crippen molar-refractivity contribution >= 4 is 22.9 Å². The Balaban J connectivity index is 2.23. The van der Waals surface area contributed by atoms with E-state index in [4.69, 9.17) is 0 Å². The van der Waals surface area contributed by atoms with E-state index in [0.717, 1.165) is 37.3 Å². The molecular weight excluding hydrogens is 252 g/mol. The minimum Gasteiger partial charge on any atom is -0.368 e. The fourth-order valence-electron chi connectivity index (χ4n) is 1.72. The van der Waals surface area contributed by atoms with Crippen molar-refractivity contribution in [1.82, 2.24) is 19.9 Å². The van der Waals surface area contributed by atoms with Gasteiger partial charge in [-0.2, -0.15) is 9.97 Å². The summed E-state index contributed by atoms with van der Waals surface area (Å²) >= 11 is 0. The van der Waals surface area contributed by atoms with E-state index >= 15 is 0 Å². The van der Waals surface area contributed by atoms with Gasteiger partial charge < -0.3 is 15.6 Å². The Morgan fingerprint density at radius 3 is 2.70 bits per heavy atom. The highest BCUT2D eigenvalue weighted by molar-refractivity contribution is 5.83. The van der Waals surface area contributed by atoms with Crippen molar-refractivity contribution in [3.63, 3.8) is 0 Å². The second-order valence-corrected chi connectivity index (χ2v) is 5.80. The molecule has 2 aromatic rings. The van der Waals surface area contributed by atoms with Crippen LogP contribution in [-0.4, -0.2) is 33.0 Å². The lowest BCUT2D eigenvalue weighted by Crippen LogP contribution is -2.23. The van der Waals surface area contributed by atoms with Gasteiger partial charge in [-0.05, 0) is 18.3 Å². The molecule has 0 fully saturated rings. The number of aromatic amines is 1. The molecular formula is C14H24N6. The summed E-state index contributed by atoms with van der Waals surface area (Å²) in [5.41, 5.74) is 1.78. The first kappa shape index (κ1) is 14.6. The van der Waals surface area contributed by atoms with Crippen LogP contribution in [0.25, 0.3) is 11.2 Å². The molecule has 0 aliphatic carbocycles. The molecule has 0 aliphatic heterocycles. The first-order valence-electron chi connectivity index (χ1n) is 7.24. The van der Waals surface area contributed by atoms with Crippen LogP contribution in [0.15, 0.2) is 6.33 Å². The molecule has 0 radical (unpaired) electrons. The largest absolute Gasteiger partial charge is 0.368 e. The van der Waals surface area contributed by atoms with Crippen LogP contribution in [-0.2, 0) is 0 Å². The normalized spacial score (nSPS) is 11.8. The van der Waals surface area contributed by atoms with E-state index in [1.54, 1.807) is 6.33 Å². The van der Waals surface area contributed by atoms with Crippen molar-refractivity contribution in [2.24, 2.45) is 5.41 Å². The highest BCUT2D eigenvalue weighted by atomic mass is 15.2. The fourth-order valence-corrected chi connectivity index (χ4v) is 1.72. The third-order valence-corrected chi connectivity index (χ3v) is 3.51. The van der Waals surface area contributed by atoms with Gasteiger partial charge in [-0.1, -0.05) is 27.7 Å². The summed E-state index contributed by atoms with van der Waals surface area (Å²) in [6.07, 6.45) is 3.80. The predicted molar refractivity (Wildman–Crippen MR) is 83.0 cm³/mol. The number of aromatic nitrogens is 4. The van der Waals surface area contributed by atoms with Crippen LogP contribution in [0.1, 0.15) is 40.5 Å². The lowest BCUT2D eigenvalue weighted by atomic mass is 9.90. The summed E-state index contributed by atoms with van der Waals surface area (Å²) in [5, 5.41) is 6.63. The van der Waals surface area contributed by atoms with Crippen molar-refractivity contribution in [2.75, 3.05) is 23.7 Å². The van der Waals surface area contributed by atoms with Gasteiger partial charge in [-0.25, -0.2) is 4.98 Å². The minimum absolute atomic E-state index is 0.230. The Hall–Kier alpha value is -1.85. The number of imidazole rings is 1. The maximum atomic E-state index is 4.54. The first-order valence-corrected chi connectivity index (χ1v) is 7.24. The molecule has 110 valence electrons. The van der Waals surface area contributed by atoms with Gasteiger partial charge in [-0.15, -0.1) is 0 Å². The Morgan fingerprint density at radius 1 is 1.20 bits per heavy atom. The Morgan fingerprint density at radius 2 is 2.00 bits per heavy atom. The number of hydrogen-bond acceptors (Lipinski definition) is 5. The molecule has 0 amide bonds. The molecule has 6 nitrogen and oxygen atoms in total. The second kappa shape index (κ2) is 6.07. The molecule has 0 aromatic carbocycles. The SMILES string of the molecule is CCCNc1nc(NCC(C)(C)CC)c2[nH]cnc2n1. The van der Waals surface area contributed by atoms with Gasteiger partial charge in [0.1, 0.15) is 5.52 Å². The zero-order valence-corrected chi connectivity index (χ0v) is 12.7. The van der Waals surface area contributed by atoms with Crippen LogP contribution in [0.4, 0.5) is 11.8 Å². The van der Waals surface area contributed by atoms with Gasteiger partial charge in [0.15, 0.2) is 11.5 Å². The van der Waals surface area contributed by atoms with Gasteiger partial charge >= 0.3 is 0 Å². The quantitative estimate of drug-likeness (QED) is 0.724. The summed E-state index contributed by atoms with van der Waals surface area (Å²) < 4.78 is 0. The van der Waals surface area contributed by atoms with Crippen molar-refractivity contribution in [3.05, 3.63) is 6.33 Å². The standard InChI is InChI=1S/C14H24N6/c1-5-7-15-13-19-11(16-8-14(3,4)6-2)10-12(20-13)18-9-17-10/h9H,5-8H2,1-4H3,(H3,15,16,17,18,19,20). The van der Waals surface area contributed by atoms with E-state index in [2.05, 4.69) is 58.3 Å². The van der Waals surface area contributed by atoms with E-state index in [1.165, 1.54) is 0 Å². The van der Waals surface area contributed by atoms with Crippen LogP contribution in [0.5, 0.6) is 0 Å². The summed E-state index contributed by atoms with van der Waals surface area (Å²) in [6, 6.07) is 0. The zero-order valence-electron chi connectivity index (χ0n) is 12.7. The molecule has 2 aromatic heterocycles. The summed E-state index contributed by atoms with van der Waals surface area (Å²) in [4.78, 5) is 16.3. The van der Waals surface area contributed by atoms with Gasteiger partial charge in [-0.3, -0.25) is 0 Å². The summed E-state index contributed by atoms with van der Waals surface area (Å²) in [7, 11) is 0. The Labute approximate surface area is 119 Å². The van der Waals surface area contributed by atoms with Gasteiger partial charge in [0.2, 0.25) is 5.95 Å². The van der Waals surface area contributed by atoms with E-state index in [9.17, 15) is 0 Å². The predicted octanol–water partition coefficient (Wildman–Crippen LogP) is 3.02. The molecule has 0 atom stereocenters. The molecule has 0 saturated heterocycles. The molecule has 0 bridgehead atoms. The molecule has 2 rings (SSSR count). The van der Waals surface area contributed by atoms with Crippen molar-refractivity contribution < 1.29 is 0 Å². The van der Waals surface area contributed by atoms with Crippen LogP contribution in [0.2, 0.25) is 0 Å². The molecule has 0 aliphatic rings. The lowest BCUT2D eigenvalue weighted by molar-refractivity contribution is 0.376. The fraction of sp³-hybridized carbons (Fsp3) is 0.643. The third-order valence-electron chi connectivity index (χ3n) is 3.51. The zero-order chi connectivity index (χ0) is 14.6. The average Bonchev–Trinajstić information content (AvgIpc) is 2.91. The van der Waals surface area contributed by atoms with Gasteiger partial charge in [0.05, 0.1) is 6.33 Å². The molecule has 0 saturated carbocycles. The highest BCUT2D eigenvalue weighted by Gasteiger charge is 2.17. The topological polar surface area (TPSA) is 78.5 Å². The second-order valence-electron chi connectivity index (χ2n) is 5.80. The lowest BCUT2D eigenvalue weighted by Gasteiger charge is -2.23. The number of hydrogen-bond donors (Lipinski definition) is 3. The number of nitrogens with one attached hydrogen (secondary N) is 3. The molecule has 6 heteroatoms. The number of H-pyrrole nitrogens is 1. The van der Waals surface area contributed by atoms with Crippen LogP contribution in [0.3, 0.4) is 0 Å². The van der Waals surface area contributed by atoms with E-state index < -0.39 is 0 Å². The molecule has 2 heterocycles. The maximum absolute atomic E-state index is 4.54. The number of nitrogens with zero attached hydrogens (tertiary/aromatic N) is 3. The average molecular weight is 276 g/mol.